The maximum atomic E-state index is 12.9. The number of rotatable bonds is 3. The second-order valence-electron chi connectivity index (χ2n) is 6.94. The Bertz CT molecular complexity index is 1080. The maximum absolute atomic E-state index is 12.9. The Kier molecular flexibility index (Phi) is 4.77. The predicted octanol–water partition coefficient (Wildman–Crippen LogP) is 3.07. The number of nitrogens with zero attached hydrogens (tertiary/aromatic N) is 2. The highest BCUT2D eigenvalue weighted by molar-refractivity contribution is 5.96. The standard InChI is InChI=1S/C22H22N2O4/c1-15-7-8-19-16(13-15)14-17(22(26)28-19)21(25)24-11-9-23(10-12-24)18-5-3-4-6-20(18)27-2/h3-8,13-14H,9-12H2,1-2H3. The molecule has 144 valence electrons. The van der Waals surface area contributed by atoms with E-state index in [0.717, 1.165) is 22.4 Å². The third kappa shape index (κ3) is 3.33. The summed E-state index contributed by atoms with van der Waals surface area (Å²) in [6.45, 7) is 4.36. The van der Waals surface area contributed by atoms with Crippen LogP contribution in [0, 0.1) is 6.92 Å². The average Bonchev–Trinajstić information content (AvgIpc) is 2.73. The van der Waals surface area contributed by atoms with Gasteiger partial charge in [-0.1, -0.05) is 23.8 Å². The van der Waals surface area contributed by atoms with Crippen molar-refractivity contribution in [1.29, 1.82) is 0 Å². The number of fused-ring (bicyclic) bond motifs is 1. The van der Waals surface area contributed by atoms with Gasteiger partial charge in [0, 0.05) is 31.6 Å². The van der Waals surface area contributed by atoms with Gasteiger partial charge in [0.15, 0.2) is 0 Å². The van der Waals surface area contributed by atoms with Gasteiger partial charge in [-0.05, 0) is 37.3 Å². The number of piperazine rings is 1. The number of amides is 1. The Morgan fingerprint density at radius 1 is 1.04 bits per heavy atom. The molecule has 3 aromatic rings. The van der Waals surface area contributed by atoms with E-state index in [1.54, 1.807) is 24.1 Å². The fourth-order valence-corrected chi connectivity index (χ4v) is 3.60. The van der Waals surface area contributed by atoms with Crippen LogP contribution in [0.1, 0.15) is 15.9 Å². The minimum Gasteiger partial charge on any atom is -0.495 e. The van der Waals surface area contributed by atoms with Gasteiger partial charge in [-0.15, -0.1) is 0 Å². The zero-order valence-electron chi connectivity index (χ0n) is 16.0. The van der Waals surface area contributed by atoms with Gasteiger partial charge in [-0.2, -0.15) is 0 Å². The van der Waals surface area contributed by atoms with E-state index in [9.17, 15) is 9.59 Å². The van der Waals surface area contributed by atoms with Crippen LogP contribution in [0.2, 0.25) is 0 Å². The fraction of sp³-hybridized carbons (Fsp3) is 0.273. The van der Waals surface area contributed by atoms with E-state index in [0.29, 0.717) is 31.8 Å². The van der Waals surface area contributed by atoms with E-state index in [4.69, 9.17) is 9.15 Å². The van der Waals surface area contributed by atoms with E-state index in [1.165, 1.54) is 0 Å². The first kappa shape index (κ1) is 18.1. The smallest absolute Gasteiger partial charge is 0.349 e. The van der Waals surface area contributed by atoms with Crippen LogP contribution < -0.4 is 15.3 Å². The maximum Gasteiger partial charge on any atom is 0.349 e. The quantitative estimate of drug-likeness (QED) is 0.656. The number of hydrogen-bond acceptors (Lipinski definition) is 5. The molecule has 4 rings (SSSR count). The second-order valence-corrected chi connectivity index (χ2v) is 6.94. The summed E-state index contributed by atoms with van der Waals surface area (Å²) in [4.78, 5) is 29.2. The van der Waals surface area contributed by atoms with Crippen molar-refractivity contribution in [2.24, 2.45) is 0 Å². The molecule has 1 aromatic heterocycles. The number of aryl methyl sites for hydroxylation is 1. The molecule has 0 unspecified atom stereocenters. The van der Waals surface area contributed by atoms with Crippen LogP contribution in [0.3, 0.4) is 0 Å². The van der Waals surface area contributed by atoms with Crippen molar-refractivity contribution in [1.82, 2.24) is 4.90 Å². The Morgan fingerprint density at radius 3 is 2.54 bits per heavy atom. The molecule has 0 spiro atoms. The van der Waals surface area contributed by atoms with Gasteiger partial charge in [0.2, 0.25) is 0 Å². The van der Waals surface area contributed by atoms with E-state index < -0.39 is 5.63 Å². The normalized spacial score (nSPS) is 14.4. The number of ether oxygens (including phenoxy) is 1. The summed E-state index contributed by atoms with van der Waals surface area (Å²) >= 11 is 0. The molecule has 1 fully saturated rings. The number of carbonyl (C=O) groups excluding carboxylic acids is 1. The molecule has 2 heterocycles. The number of para-hydroxylation sites is 2. The molecule has 0 atom stereocenters. The number of methoxy groups -OCH3 is 1. The third-order valence-electron chi connectivity index (χ3n) is 5.11. The van der Waals surface area contributed by atoms with Gasteiger partial charge < -0.3 is 19.0 Å². The van der Waals surface area contributed by atoms with Crippen molar-refractivity contribution in [3.63, 3.8) is 0 Å². The average molecular weight is 378 g/mol. The lowest BCUT2D eigenvalue weighted by atomic mass is 10.1. The molecule has 6 nitrogen and oxygen atoms in total. The van der Waals surface area contributed by atoms with Crippen molar-refractivity contribution < 1.29 is 13.9 Å². The lowest BCUT2D eigenvalue weighted by molar-refractivity contribution is 0.0742. The second kappa shape index (κ2) is 7.38. The molecule has 6 heteroatoms. The lowest BCUT2D eigenvalue weighted by Gasteiger charge is -2.36. The number of carbonyl (C=O) groups is 1. The van der Waals surface area contributed by atoms with Crippen molar-refractivity contribution in [3.05, 3.63) is 70.1 Å². The zero-order chi connectivity index (χ0) is 19.7. The molecule has 1 aliphatic heterocycles. The van der Waals surface area contributed by atoms with E-state index in [2.05, 4.69) is 4.90 Å². The van der Waals surface area contributed by atoms with Crippen LogP contribution in [0.25, 0.3) is 11.0 Å². The largest absolute Gasteiger partial charge is 0.495 e. The zero-order valence-corrected chi connectivity index (χ0v) is 16.0. The molecule has 1 saturated heterocycles. The van der Waals surface area contributed by atoms with Crippen molar-refractivity contribution in [2.75, 3.05) is 38.2 Å². The molecule has 2 aromatic carbocycles. The van der Waals surface area contributed by atoms with Crippen molar-refractivity contribution in [3.8, 4) is 5.75 Å². The topological polar surface area (TPSA) is 63.0 Å². The SMILES string of the molecule is COc1ccccc1N1CCN(C(=O)c2cc3cc(C)ccc3oc2=O)CC1. The minimum absolute atomic E-state index is 0.0869. The Balaban J connectivity index is 1.53. The molecule has 0 radical (unpaired) electrons. The number of benzene rings is 2. The summed E-state index contributed by atoms with van der Waals surface area (Å²) in [6, 6.07) is 15.0. The number of hydrogen-bond donors (Lipinski definition) is 0. The van der Waals surface area contributed by atoms with Crippen molar-refractivity contribution >= 4 is 22.6 Å². The Morgan fingerprint density at radius 2 is 1.79 bits per heavy atom. The van der Waals surface area contributed by atoms with Gasteiger partial charge in [0.1, 0.15) is 16.9 Å². The van der Waals surface area contributed by atoms with Crippen LogP contribution >= 0.6 is 0 Å². The summed E-state index contributed by atoms with van der Waals surface area (Å²) in [6.07, 6.45) is 0. The minimum atomic E-state index is -0.589. The molecule has 0 aliphatic carbocycles. The van der Waals surface area contributed by atoms with Gasteiger partial charge in [0.25, 0.3) is 5.91 Å². The van der Waals surface area contributed by atoms with Gasteiger partial charge in [0.05, 0.1) is 12.8 Å². The fourth-order valence-electron chi connectivity index (χ4n) is 3.60. The summed E-state index contributed by atoms with van der Waals surface area (Å²) in [5.41, 5.74) is 2.05. The van der Waals surface area contributed by atoms with Gasteiger partial charge in [-0.25, -0.2) is 4.79 Å². The van der Waals surface area contributed by atoms with E-state index in [-0.39, 0.29) is 11.5 Å². The van der Waals surface area contributed by atoms with E-state index in [1.807, 2.05) is 43.3 Å². The Hall–Kier alpha value is -3.28. The molecular weight excluding hydrogens is 356 g/mol. The summed E-state index contributed by atoms with van der Waals surface area (Å²) in [7, 11) is 1.65. The molecule has 1 amide bonds. The predicted molar refractivity (Wildman–Crippen MR) is 108 cm³/mol. The molecule has 0 N–H and O–H groups in total. The highest BCUT2D eigenvalue weighted by Crippen LogP contribution is 2.28. The summed E-state index contributed by atoms with van der Waals surface area (Å²) < 4.78 is 10.8. The molecule has 0 saturated carbocycles. The van der Waals surface area contributed by atoms with Crippen LogP contribution in [-0.4, -0.2) is 44.1 Å². The van der Waals surface area contributed by atoms with Crippen LogP contribution in [0.4, 0.5) is 5.69 Å². The lowest BCUT2D eigenvalue weighted by Crippen LogP contribution is -2.49. The third-order valence-corrected chi connectivity index (χ3v) is 5.11. The summed E-state index contributed by atoms with van der Waals surface area (Å²) in [5.74, 6) is 0.532. The van der Waals surface area contributed by atoms with Crippen LogP contribution in [0.15, 0.2) is 57.7 Å². The molecule has 0 bridgehead atoms. The molecule has 1 aliphatic rings. The van der Waals surface area contributed by atoms with Crippen LogP contribution in [0.5, 0.6) is 5.75 Å². The van der Waals surface area contributed by atoms with Crippen LogP contribution in [-0.2, 0) is 0 Å². The first-order valence-corrected chi connectivity index (χ1v) is 9.28. The van der Waals surface area contributed by atoms with Crippen molar-refractivity contribution in [2.45, 2.75) is 6.92 Å². The first-order chi connectivity index (χ1) is 13.6. The highest BCUT2D eigenvalue weighted by atomic mass is 16.5. The number of anilines is 1. The van der Waals surface area contributed by atoms with E-state index >= 15 is 0 Å². The highest BCUT2D eigenvalue weighted by Gasteiger charge is 2.26. The summed E-state index contributed by atoms with van der Waals surface area (Å²) in [5, 5.41) is 0.760. The Labute approximate surface area is 162 Å². The van der Waals surface area contributed by atoms with Gasteiger partial charge in [-0.3, -0.25) is 4.79 Å². The molecule has 28 heavy (non-hydrogen) atoms. The first-order valence-electron chi connectivity index (χ1n) is 9.28. The monoisotopic (exact) mass is 378 g/mol. The molecular formula is C22H22N2O4. The van der Waals surface area contributed by atoms with Gasteiger partial charge >= 0.3 is 5.63 Å².